The third-order valence-electron chi connectivity index (χ3n) is 7.14. The van der Waals surface area contributed by atoms with E-state index in [1.807, 2.05) is 13.8 Å². The molecule has 2 unspecified atom stereocenters. The van der Waals surface area contributed by atoms with Gasteiger partial charge >= 0.3 is 0 Å². The molecule has 1 spiro atoms. The average molecular weight is 448 g/mol. The lowest BCUT2D eigenvalue weighted by Gasteiger charge is -2.38. The molecule has 2 bridgehead atoms. The molecule has 3 amide bonds. The van der Waals surface area contributed by atoms with Gasteiger partial charge in [-0.05, 0) is 39.5 Å². The molecule has 3 rings (SSSR count). The van der Waals surface area contributed by atoms with E-state index in [-0.39, 0.29) is 36.5 Å². The first kappa shape index (κ1) is 24.5. The highest BCUT2D eigenvalue weighted by molar-refractivity contribution is 5.99. The van der Waals surface area contributed by atoms with Crippen LogP contribution < -0.4 is 0 Å². The molecule has 8 nitrogen and oxygen atoms in total. The van der Waals surface area contributed by atoms with Crippen LogP contribution in [0.25, 0.3) is 0 Å². The summed E-state index contributed by atoms with van der Waals surface area (Å²) in [6, 6.07) is -0.839. The predicted octanol–water partition coefficient (Wildman–Crippen LogP) is 1.20. The van der Waals surface area contributed by atoms with E-state index in [1.54, 1.807) is 33.9 Å². The van der Waals surface area contributed by atoms with Gasteiger partial charge in [-0.2, -0.15) is 0 Å². The van der Waals surface area contributed by atoms with Crippen molar-refractivity contribution in [2.75, 3.05) is 33.3 Å². The summed E-state index contributed by atoms with van der Waals surface area (Å²) in [4.78, 5) is 45.8. The van der Waals surface area contributed by atoms with Crippen LogP contribution in [0.4, 0.5) is 0 Å². The molecule has 3 aliphatic heterocycles. The van der Waals surface area contributed by atoms with Crippen LogP contribution in [0.2, 0.25) is 0 Å². The predicted molar refractivity (Wildman–Crippen MR) is 121 cm³/mol. The van der Waals surface area contributed by atoms with Gasteiger partial charge in [0.2, 0.25) is 17.7 Å². The first-order valence-electron chi connectivity index (χ1n) is 11.6. The van der Waals surface area contributed by atoms with Gasteiger partial charge < -0.3 is 24.5 Å². The third kappa shape index (κ3) is 3.88. The van der Waals surface area contributed by atoms with Crippen molar-refractivity contribution in [3.8, 4) is 0 Å². The monoisotopic (exact) mass is 447 g/mol. The van der Waals surface area contributed by atoms with Crippen molar-refractivity contribution < 1.29 is 24.2 Å². The second kappa shape index (κ2) is 9.75. The minimum atomic E-state index is -0.984. The number of likely N-dealkylation sites (N-methyl/N-ethyl adjacent to an activating group) is 1. The lowest BCUT2D eigenvalue weighted by atomic mass is 9.70. The lowest BCUT2D eigenvalue weighted by molar-refractivity contribution is -0.149. The maximum absolute atomic E-state index is 13.8. The van der Waals surface area contributed by atoms with Gasteiger partial charge in [0.1, 0.15) is 11.6 Å². The Kier molecular flexibility index (Phi) is 7.45. The number of amides is 3. The molecule has 0 aliphatic carbocycles. The Bertz CT molecular complexity index is 769. The number of likely N-dealkylation sites (tertiary alicyclic amines) is 1. The zero-order valence-corrected chi connectivity index (χ0v) is 19.5. The van der Waals surface area contributed by atoms with Crippen molar-refractivity contribution in [2.45, 2.75) is 63.3 Å². The van der Waals surface area contributed by atoms with Crippen molar-refractivity contribution in [1.29, 1.82) is 0 Å². The van der Waals surface area contributed by atoms with Gasteiger partial charge in [-0.1, -0.05) is 12.2 Å². The number of hydrogen-bond donors (Lipinski definition) is 1. The van der Waals surface area contributed by atoms with Crippen molar-refractivity contribution in [1.82, 2.24) is 14.7 Å². The highest BCUT2D eigenvalue weighted by Gasteiger charge is 2.74. The molecular weight excluding hydrogens is 410 g/mol. The number of rotatable bonds is 11. The third-order valence-corrected chi connectivity index (χ3v) is 7.14. The summed E-state index contributed by atoms with van der Waals surface area (Å²) in [5, 5.41) is 9.23. The molecule has 3 fully saturated rings. The van der Waals surface area contributed by atoms with Crippen molar-refractivity contribution >= 4 is 17.7 Å². The fraction of sp³-hybridized carbons (Fsp3) is 0.708. The SMILES string of the molecule is C=CCN(C)C(=O)[C@@H]1[C@@H]2CCC3(O2)C(C(=O)N(CC=C)C(C)C)N(CCCCO)C(=O)[C@H]13. The van der Waals surface area contributed by atoms with Crippen LogP contribution in [0.1, 0.15) is 39.5 Å². The molecule has 32 heavy (non-hydrogen) atoms. The van der Waals surface area contributed by atoms with E-state index in [0.717, 1.165) is 0 Å². The van der Waals surface area contributed by atoms with Crippen molar-refractivity contribution in [3.05, 3.63) is 25.3 Å². The number of carbonyl (C=O) groups excluding carboxylic acids is 3. The molecule has 0 aromatic heterocycles. The van der Waals surface area contributed by atoms with Crippen LogP contribution in [-0.2, 0) is 19.1 Å². The summed E-state index contributed by atoms with van der Waals surface area (Å²) in [6.45, 7) is 12.5. The van der Waals surface area contributed by atoms with Gasteiger partial charge in [0.15, 0.2) is 0 Å². The summed E-state index contributed by atoms with van der Waals surface area (Å²) in [6.07, 6.45) is 5.33. The maximum Gasteiger partial charge on any atom is 0.248 e. The highest BCUT2D eigenvalue weighted by atomic mass is 16.5. The molecule has 0 radical (unpaired) electrons. The molecule has 0 saturated carbocycles. The van der Waals surface area contributed by atoms with E-state index in [9.17, 15) is 19.5 Å². The number of ether oxygens (including phenoxy) is 1. The zero-order chi connectivity index (χ0) is 23.6. The van der Waals surface area contributed by atoms with Crippen LogP contribution in [0.15, 0.2) is 25.3 Å². The van der Waals surface area contributed by atoms with Crippen LogP contribution in [0.3, 0.4) is 0 Å². The summed E-state index contributed by atoms with van der Waals surface area (Å²) in [7, 11) is 1.70. The van der Waals surface area contributed by atoms with E-state index in [1.165, 1.54) is 0 Å². The van der Waals surface area contributed by atoms with E-state index >= 15 is 0 Å². The number of hydrogen-bond acceptors (Lipinski definition) is 5. The Labute approximate surface area is 190 Å². The Balaban J connectivity index is 2.00. The number of aliphatic hydroxyl groups excluding tert-OH is 1. The molecule has 1 N–H and O–H groups in total. The zero-order valence-electron chi connectivity index (χ0n) is 19.5. The number of aliphatic hydroxyl groups is 1. The minimum absolute atomic E-state index is 0.0236. The maximum atomic E-state index is 13.8. The summed E-state index contributed by atoms with van der Waals surface area (Å²) >= 11 is 0. The van der Waals surface area contributed by atoms with Gasteiger partial charge in [-0.15, -0.1) is 13.2 Å². The second-order valence-corrected chi connectivity index (χ2v) is 9.40. The molecule has 0 aromatic rings. The highest BCUT2D eigenvalue weighted by Crippen LogP contribution is 2.58. The molecule has 3 aliphatic rings. The summed E-state index contributed by atoms with van der Waals surface area (Å²) < 4.78 is 6.44. The van der Waals surface area contributed by atoms with Crippen molar-refractivity contribution in [3.63, 3.8) is 0 Å². The van der Waals surface area contributed by atoms with Gasteiger partial charge in [0.25, 0.3) is 0 Å². The number of carbonyl (C=O) groups is 3. The Morgan fingerprint density at radius 1 is 1.25 bits per heavy atom. The van der Waals surface area contributed by atoms with E-state index in [0.29, 0.717) is 45.3 Å². The largest absolute Gasteiger partial charge is 0.396 e. The molecule has 3 heterocycles. The van der Waals surface area contributed by atoms with Crippen molar-refractivity contribution in [2.24, 2.45) is 11.8 Å². The second-order valence-electron chi connectivity index (χ2n) is 9.40. The van der Waals surface area contributed by atoms with E-state index in [2.05, 4.69) is 13.2 Å². The standard InChI is InChI=1S/C24H37N3O5/c1-6-12-25(5)21(29)18-17-10-11-24(32-17)19(18)22(30)27(14-8-9-15-28)20(24)23(31)26(13-7-2)16(3)4/h6-7,16-20,28H,1-2,8-15H2,3-5H3/t17-,18+,19-,20?,24?/m0/s1. The van der Waals surface area contributed by atoms with Crippen LogP contribution >= 0.6 is 0 Å². The molecule has 5 atom stereocenters. The molecular formula is C24H37N3O5. The number of nitrogens with zero attached hydrogens (tertiary/aromatic N) is 3. The van der Waals surface area contributed by atoms with Gasteiger partial charge in [-0.25, -0.2) is 0 Å². The molecule has 0 aromatic carbocycles. The number of fused-ring (bicyclic) bond motifs is 1. The fourth-order valence-corrected chi connectivity index (χ4v) is 5.74. The lowest BCUT2D eigenvalue weighted by Crippen LogP contribution is -2.57. The Morgan fingerprint density at radius 2 is 1.94 bits per heavy atom. The fourth-order valence-electron chi connectivity index (χ4n) is 5.74. The molecule has 178 valence electrons. The molecule has 8 heteroatoms. The minimum Gasteiger partial charge on any atom is -0.396 e. The average Bonchev–Trinajstić information content (AvgIpc) is 3.39. The Morgan fingerprint density at radius 3 is 2.53 bits per heavy atom. The van der Waals surface area contributed by atoms with E-state index < -0.39 is 23.5 Å². The summed E-state index contributed by atoms with van der Waals surface area (Å²) in [5.41, 5.74) is -0.984. The first-order valence-corrected chi connectivity index (χ1v) is 11.6. The topological polar surface area (TPSA) is 90.4 Å². The normalized spacial score (nSPS) is 30.5. The van der Waals surface area contributed by atoms with E-state index in [4.69, 9.17) is 4.74 Å². The number of unbranched alkanes of at least 4 members (excludes halogenated alkanes) is 1. The van der Waals surface area contributed by atoms with Crippen LogP contribution in [0, 0.1) is 11.8 Å². The van der Waals surface area contributed by atoms with Gasteiger partial charge in [0.05, 0.1) is 17.9 Å². The van der Waals surface area contributed by atoms with Gasteiger partial charge in [-0.3, -0.25) is 14.4 Å². The molecule has 3 saturated heterocycles. The quantitative estimate of drug-likeness (QED) is 0.380. The van der Waals surface area contributed by atoms with Crippen LogP contribution in [-0.4, -0.2) is 94.6 Å². The first-order chi connectivity index (χ1) is 15.2. The summed E-state index contributed by atoms with van der Waals surface area (Å²) in [5.74, 6) is -1.73. The van der Waals surface area contributed by atoms with Gasteiger partial charge in [0, 0.05) is 39.3 Å². The van der Waals surface area contributed by atoms with Crippen LogP contribution in [0.5, 0.6) is 0 Å². The Hall–Kier alpha value is -2.19. The smallest absolute Gasteiger partial charge is 0.248 e.